The number of anilines is 1. The van der Waals surface area contributed by atoms with Gasteiger partial charge in [0.05, 0.1) is 19.3 Å². The summed E-state index contributed by atoms with van der Waals surface area (Å²) in [5.74, 6) is -1.44. The van der Waals surface area contributed by atoms with Crippen LogP contribution in [0.2, 0.25) is 0 Å². The number of rotatable bonds is 39. The molecule has 0 aliphatic carbocycles. The molecule has 71 heavy (non-hydrogen) atoms. The van der Waals surface area contributed by atoms with Crippen LogP contribution in [0.5, 0.6) is 0 Å². The molecule has 2 rings (SSSR count). The Morgan fingerprint density at radius 1 is 0.761 bits per heavy atom. The number of aliphatic hydroxyl groups is 3. The predicted octanol–water partition coefficient (Wildman–Crippen LogP) is 8.86. The monoisotopic (exact) mass is 1040 g/mol. The molecule has 2 heterocycles. The average Bonchev–Trinajstić information content (AvgIpc) is 3.60. The molecule has 1 fully saturated rings. The van der Waals surface area contributed by atoms with Crippen molar-refractivity contribution in [1.29, 1.82) is 0 Å². The number of nitrogens with zero attached hydrogens (tertiary/aromatic N) is 2. The summed E-state index contributed by atoms with van der Waals surface area (Å²) in [6.45, 7) is 1.84. The fourth-order valence-corrected chi connectivity index (χ4v) is 8.80. The molecule has 7 N–H and O–H groups in total. The van der Waals surface area contributed by atoms with Crippen LogP contribution >= 0.6 is 15.6 Å². The summed E-state index contributed by atoms with van der Waals surface area (Å²) in [4.78, 5) is 61.8. The van der Waals surface area contributed by atoms with Gasteiger partial charge in [0, 0.05) is 19.0 Å². The number of allylic oxidation sites excluding steroid dienone is 12. The van der Waals surface area contributed by atoms with E-state index < -0.39 is 89.8 Å². The van der Waals surface area contributed by atoms with Crippen molar-refractivity contribution >= 4 is 33.4 Å². The quantitative estimate of drug-likeness (QED) is 0.0118. The Hall–Kier alpha value is -4.10. The first kappa shape index (κ1) is 63.0. The van der Waals surface area contributed by atoms with E-state index >= 15 is 0 Å². The molecule has 8 atom stereocenters. The van der Waals surface area contributed by atoms with Crippen molar-refractivity contribution in [1.82, 2.24) is 9.55 Å². The molecule has 0 bridgehead atoms. The van der Waals surface area contributed by atoms with Crippen LogP contribution in [-0.2, 0) is 46.3 Å². The molecule has 1 aromatic rings. The number of hydrogen-bond donors (Lipinski definition) is 6. The normalized spacial score (nSPS) is 20.3. The maximum Gasteiger partial charge on any atom is 0.481 e. The molecule has 0 amide bonds. The predicted molar refractivity (Wildman–Crippen MR) is 271 cm³/mol. The van der Waals surface area contributed by atoms with Crippen LogP contribution in [-0.4, -0.2) is 96.9 Å². The molecule has 0 aromatic carbocycles. The SMILES string of the molecule is CC/C=C\C/C=C\C/C=C\CCCCCCCC(=O)O[C@H](COC(=O)CCC/C=C/C/C=C\C[C@H](O)/C=C\C=C/CCCCC)COP(=O)(O)OP(=O)(O)OC[C@H]1O[C@@H](n2ccc(N)nc2=O)[C@H](O)[C@@H]1O. The highest BCUT2D eigenvalue weighted by atomic mass is 31.3. The van der Waals surface area contributed by atoms with Crippen LogP contribution in [0.4, 0.5) is 5.82 Å². The fourth-order valence-electron chi connectivity index (χ4n) is 6.69. The minimum atomic E-state index is -5.45. The van der Waals surface area contributed by atoms with Crippen molar-refractivity contribution in [2.24, 2.45) is 0 Å². The van der Waals surface area contributed by atoms with Gasteiger partial charge in [-0.1, -0.05) is 131 Å². The number of carbonyl (C=O) groups excluding carboxylic acids is 2. The van der Waals surface area contributed by atoms with E-state index in [9.17, 15) is 48.6 Å². The lowest BCUT2D eigenvalue weighted by molar-refractivity contribution is -0.161. The second kappa shape index (κ2) is 37.6. The Kier molecular flexibility index (Phi) is 33.4. The number of hydrogen-bond acceptors (Lipinski definition) is 16. The van der Waals surface area contributed by atoms with Crippen molar-refractivity contribution in [3.8, 4) is 0 Å². The average molecular weight is 1040 g/mol. The van der Waals surface area contributed by atoms with Gasteiger partial charge in [0.15, 0.2) is 12.3 Å². The van der Waals surface area contributed by atoms with Crippen molar-refractivity contribution in [3.05, 3.63) is 108 Å². The van der Waals surface area contributed by atoms with Crippen molar-refractivity contribution < 1.29 is 71.4 Å². The fraction of sp³-hybridized carbons (Fsp3) is 0.600. The highest BCUT2D eigenvalue weighted by molar-refractivity contribution is 7.61. The van der Waals surface area contributed by atoms with E-state index in [1.807, 2.05) is 36.5 Å². The topological polar surface area (TPSA) is 286 Å². The molecule has 0 saturated carbocycles. The number of phosphoric ester groups is 2. The van der Waals surface area contributed by atoms with Gasteiger partial charge >= 0.3 is 33.3 Å². The number of unbranched alkanes of at least 4 members (excludes halogenated alkanes) is 9. The van der Waals surface area contributed by atoms with Gasteiger partial charge in [-0.05, 0) is 83.1 Å². The molecule has 0 radical (unpaired) electrons. The highest BCUT2D eigenvalue weighted by Crippen LogP contribution is 2.60. The minimum Gasteiger partial charge on any atom is -0.462 e. The summed E-state index contributed by atoms with van der Waals surface area (Å²) < 4.78 is 56.6. The first-order valence-corrected chi connectivity index (χ1v) is 27.7. The number of ether oxygens (including phenoxy) is 3. The van der Waals surface area contributed by atoms with Gasteiger partial charge in [-0.3, -0.25) is 23.2 Å². The largest absolute Gasteiger partial charge is 0.481 e. The lowest BCUT2D eigenvalue weighted by atomic mass is 10.1. The van der Waals surface area contributed by atoms with E-state index in [1.165, 1.54) is 18.9 Å². The summed E-state index contributed by atoms with van der Waals surface area (Å²) >= 11 is 0. The van der Waals surface area contributed by atoms with E-state index in [0.717, 1.165) is 75.0 Å². The van der Waals surface area contributed by atoms with Gasteiger partial charge in [-0.15, -0.1) is 0 Å². The summed E-state index contributed by atoms with van der Waals surface area (Å²) in [6.07, 6.45) is 35.5. The molecular weight excluding hydrogens is 961 g/mol. The molecule has 1 saturated heterocycles. The molecule has 0 spiro atoms. The van der Waals surface area contributed by atoms with Gasteiger partial charge in [-0.25, -0.2) is 13.9 Å². The summed E-state index contributed by atoms with van der Waals surface area (Å²) in [5, 5.41) is 31.0. The van der Waals surface area contributed by atoms with Crippen LogP contribution < -0.4 is 11.4 Å². The van der Waals surface area contributed by atoms with Gasteiger partial charge < -0.3 is 45.1 Å². The van der Waals surface area contributed by atoms with Crippen molar-refractivity contribution in [3.63, 3.8) is 0 Å². The van der Waals surface area contributed by atoms with Crippen molar-refractivity contribution in [2.75, 3.05) is 25.6 Å². The number of aliphatic hydroxyl groups excluding tert-OH is 3. The van der Waals surface area contributed by atoms with Gasteiger partial charge in [0.2, 0.25) is 0 Å². The summed E-state index contributed by atoms with van der Waals surface area (Å²) in [7, 11) is -10.9. The number of esters is 2. The third kappa shape index (κ3) is 30.5. The van der Waals surface area contributed by atoms with Crippen LogP contribution in [0.1, 0.15) is 142 Å². The highest BCUT2D eigenvalue weighted by Gasteiger charge is 2.46. The molecule has 400 valence electrons. The number of carbonyl (C=O) groups is 2. The molecule has 1 aliphatic rings. The number of nitrogen functional groups attached to an aromatic ring is 1. The minimum absolute atomic E-state index is 0.00121. The zero-order valence-corrected chi connectivity index (χ0v) is 43.1. The van der Waals surface area contributed by atoms with Crippen LogP contribution in [0, 0.1) is 0 Å². The number of phosphoric acid groups is 2. The third-order valence-corrected chi connectivity index (χ3v) is 13.1. The maximum atomic E-state index is 12.8. The Labute approximate surface area is 419 Å². The lowest BCUT2D eigenvalue weighted by Gasteiger charge is -2.21. The second-order valence-electron chi connectivity index (χ2n) is 16.8. The van der Waals surface area contributed by atoms with Crippen molar-refractivity contribution in [2.45, 2.75) is 173 Å². The lowest BCUT2D eigenvalue weighted by Crippen LogP contribution is -2.36. The Morgan fingerprint density at radius 3 is 2.07 bits per heavy atom. The summed E-state index contributed by atoms with van der Waals surface area (Å²) in [6, 6.07) is 1.24. The van der Waals surface area contributed by atoms with E-state index in [2.05, 4.69) is 65.7 Å². The van der Waals surface area contributed by atoms with Crippen LogP contribution in [0.3, 0.4) is 0 Å². The molecule has 2 unspecified atom stereocenters. The first-order chi connectivity index (χ1) is 34.1. The third-order valence-electron chi connectivity index (χ3n) is 10.5. The standard InChI is InChI=1S/C50H79N3O16P2/c1-3-5-7-9-11-12-13-14-15-16-17-18-22-27-31-35-46(56)67-42(38-64-45(55)34-30-26-23-19-21-25-29-33-41(54)32-28-24-20-10-8-6-4-2)39-65-70(60,61)69-71(62,63)66-40-43-47(57)48(58)49(68-43)53-37-36-44(51)52-50(53)59/h5,7,11-12,14-15,19-20,23-25,28-29,32,36-37,41-43,47-49,54,57-58H,3-4,6,8-10,13,16-18,21-22,26-27,30-31,33-35,38-40H2,1-2H3,(H,60,61)(H,62,63)(H2,51,52,59)/b7-5-,12-11-,15-14-,23-19+,24-20-,29-25-,32-28-/t41-,42-,43-,47-,48-,49-/m1/s1. The van der Waals surface area contributed by atoms with E-state index in [0.29, 0.717) is 32.1 Å². The second-order valence-corrected chi connectivity index (χ2v) is 19.8. The maximum absolute atomic E-state index is 12.8. The Morgan fingerprint density at radius 2 is 1.37 bits per heavy atom. The first-order valence-electron chi connectivity index (χ1n) is 24.7. The van der Waals surface area contributed by atoms with Crippen LogP contribution in [0.25, 0.3) is 0 Å². The van der Waals surface area contributed by atoms with Crippen LogP contribution in [0.15, 0.2) is 102 Å². The smallest absolute Gasteiger partial charge is 0.462 e. The van der Waals surface area contributed by atoms with Gasteiger partial charge in [0.1, 0.15) is 30.7 Å². The zero-order chi connectivity index (χ0) is 52.2. The molecule has 1 aliphatic heterocycles. The molecular formula is C50H79N3O16P2. The molecule has 1 aromatic heterocycles. The van der Waals surface area contributed by atoms with E-state index in [1.54, 1.807) is 6.08 Å². The van der Waals surface area contributed by atoms with E-state index in [4.69, 9.17) is 29.0 Å². The number of aromatic nitrogens is 2. The van der Waals surface area contributed by atoms with Gasteiger partial charge in [-0.2, -0.15) is 9.29 Å². The Balaban J connectivity index is 1.86. The van der Waals surface area contributed by atoms with Gasteiger partial charge in [0.25, 0.3) is 0 Å². The summed E-state index contributed by atoms with van der Waals surface area (Å²) in [5.41, 5.74) is 4.57. The zero-order valence-electron chi connectivity index (χ0n) is 41.4. The molecule has 21 heteroatoms. The number of nitrogens with two attached hydrogens (primary N) is 1. The van der Waals surface area contributed by atoms with E-state index in [-0.39, 0.29) is 18.7 Å². The molecule has 19 nitrogen and oxygen atoms in total. The Bertz CT molecular complexity index is 2040.